The van der Waals surface area contributed by atoms with Crippen molar-refractivity contribution in [2.75, 3.05) is 11.4 Å². The van der Waals surface area contributed by atoms with Gasteiger partial charge in [0.25, 0.3) is 0 Å². The Bertz CT molecular complexity index is 1120. The summed E-state index contributed by atoms with van der Waals surface area (Å²) in [5.41, 5.74) is 3.18. The number of thioether (sulfide) groups is 1. The van der Waals surface area contributed by atoms with Crippen molar-refractivity contribution in [2.45, 2.75) is 11.3 Å². The van der Waals surface area contributed by atoms with Crippen molar-refractivity contribution in [3.05, 3.63) is 107 Å². The molecule has 3 nitrogen and oxygen atoms in total. The molecule has 0 N–H and O–H groups in total. The van der Waals surface area contributed by atoms with Gasteiger partial charge in [-0.25, -0.2) is 0 Å². The smallest absolute Gasteiger partial charge is 0.191 e. The van der Waals surface area contributed by atoms with E-state index in [2.05, 4.69) is 17.0 Å². The Morgan fingerprint density at radius 1 is 0.793 bits per heavy atom. The fourth-order valence-corrected chi connectivity index (χ4v) is 5.25. The highest BCUT2D eigenvalue weighted by atomic mass is 32.2. The second kappa shape index (κ2) is 7.37. The van der Waals surface area contributed by atoms with E-state index in [0.29, 0.717) is 24.1 Å². The van der Waals surface area contributed by atoms with Gasteiger partial charge in [-0.05, 0) is 18.6 Å². The van der Waals surface area contributed by atoms with Gasteiger partial charge in [0.05, 0.1) is 10.7 Å². The summed E-state index contributed by atoms with van der Waals surface area (Å²) >= 11 is 1.63. The lowest BCUT2D eigenvalue weighted by Crippen LogP contribution is -2.37. The van der Waals surface area contributed by atoms with E-state index in [9.17, 15) is 9.59 Å². The van der Waals surface area contributed by atoms with Crippen LogP contribution in [0.3, 0.4) is 0 Å². The number of benzene rings is 3. The van der Waals surface area contributed by atoms with Crippen LogP contribution in [0.5, 0.6) is 0 Å². The predicted octanol–water partition coefficient (Wildman–Crippen LogP) is 5.60. The van der Waals surface area contributed by atoms with Gasteiger partial charge in [-0.15, -0.1) is 0 Å². The first kappa shape index (κ1) is 18.0. The molecule has 0 bridgehead atoms. The molecule has 142 valence electrons. The normalized spacial score (nSPS) is 17.7. The summed E-state index contributed by atoms with van der Waals surface area (Å²) in [5, 5.41) is 0.970. The molecule has 1 atom stereocenters. The molecular formula is C25H19NO2S. The number of ketones is 2. The van der Waals surface area contributed by atoms with Gasteiger partial charge in [-0.1, -0.05) is 84.6 Å². The predicted molar refractivity (Wildman–Crippen MR) is 116 cm³/mol. The minimum Gasteiger partial charge on any atom is -0.334 e. The average Bonchev–Trinajstić information content (AvgIpc) is 3.17. The Morgan fingerprint density at radius 2 is 1.41 bits per heavy atom. The summed E-state index contributed by atoms with van der Waals surface area (Å²) in [6.45, 7) is 0.596. The van der Waals surface area contributed by atoms with Crippen molar-refractivity contribution < 1.29 is 9.59 Å². The molecule has 0 fully saturated rings. The van der Waals surface area contributed by atoms with Gasteiger partial charge in [-0.3, -0.25) is 9.59 Å². The molecule has 1 unspecified atom stereocenters. The van der Waals surface area contributed by atoms with E-state index in [0.717, 1.165) is 21.2 Å². The number of carbonyl (C=O) groups is 2. The number of carbonyl (C=O) groups excluding carboxylic acids is 2. The highest BCUT2D eigenvalue weighted by Crippen LogP contribution is 2.50. The third-order valence-electron chi connectivity index (χ3n) is 5.46. The molecule has 0 radical (unpaired) electrons. The minimum atomic E-state index is -0.254. The number of allylic oxidation sites excluding steroid dienone is 1. The van der Waals surface area contributed by atoms with E-state index >= 15 is 0 Å². The zero-order valence-electron chi connectivity index (χ0n) is 15.7. The number of hydrogen-bond donors (Lipinski definition) is 0. The molecule has 5 rings (SSSR count). The quantitative estimate of drug-likeness (QED) is 0.537. The molecular weight excluding hydrogens is 378 g/mol. The minimum absolute atomic E-state index is 0.0106. The molecule has 3 aromatic rings. The van der Waals surface area contributed by atoms with Gasteiger partial charge in [0, 0.05) is 34.1 Å². The first-order valence-electron chi connectivity index (χ1n) is 9.69. The van der Waals surface area contributed by atoms with Crippen molar-refractivity contribution in [1.82, 2.24) is 0 Å². The maximum atomic E-state index is 13.4. The number of Topliss-reactive ketones (excluding diaryl/α,β-unsaturated/α-hetero) is 2. The number of anilines is 1. The zero-order valence-corrected chi connectivity index (χ0v) is 16.6. The highest BCUT2D eigenvalue weighted by Gasteiger charge is 2.39. The van der Waals surface area contributed by atoms with Crippen LogP contribution in [0.4, 0.5) is 5.69 Å². The number of hydrogen-bond acceptors (Lipinski definition) is 4. The Labute approximate surface area is 174 Å². The monoisotopic (exact) mass is 397 g/mol. The molecule has 2 aliphatic rings. The number of nitrogens with zero attached hydrogens (tertiary/aromatic N) is 1. The average molecular weight is 397 g/mol. The Kier molecular flexibility index (Phi) is 4.57. The molecule has 4 heteroatoms. The maximum Gasteiger partial charge on any atom is 0.191 e. The van der Waals surface area contributed by atoms with Crippen LogP contribution in [0.15, 0.2) is 100 Å². The van der Waals surface area contributed by atoms with Crippen LogP contribution < -0.4 is 4.90 Å². The van der Waals surface area contributed by atoms with Crippen molar-refractivity contribution in [1.29, 1.82) is 0 Å². The van der Waals surface area contributed by atoms with Crippen LogP contribution in [-0.2, 0) is 0 Å². The Hall–Kier alpha value is -3.11. The van der Waals surface area contributed by atoms with Crippen LogP contribution in [0.2, 0.25) is 0 Å². The van der Waals surface area contributed by atoms with E-state index in [4.69, 9.17) is 0 Å². The molecule has 0 spiro atoms. The first-order valence-corrected chi connectivity index (χ1v) is 10.5. The molecule has 0 saturated heterocycles. The van der Waals surface area contributed by atoms with Crippen LogP contribution >= 0.6 is 11.8 Å². The van der Waals surface area contributed by atoms with E-state index in [1.807, 2.05) is 72.8 Å². The Balaban J connectivity index is 1.58. The van der Waals surface area contributed by atoms with Crippen LogP contribution in [0, 0.1) is 5.92 Å². The molecule has 2 heterocycles. The van der Waals surface area contributed by atoms with Crippen molar-refractivity contribution in [3.8, 4) is 0 Å². The number of fused-ring (bicyclic) bond motifs is 3. The van der Waals surface area contributed by atoms with Gasteiger partial charge in [0.1, 0.15) is 0 Å². The fourth-order valence-electron chi connectivity index (χ4n) is 4.03. The molecule has 0 aromatic heterocycles. The summed E-state index contributed by atoms with van der Waals surface area (Å²) in [7, 11) is 0. The summed E-state index contributed by atoms with van der Waals surface area (Å²) in [6, 6.07) is 26.9. The second-order valence-electron chi connectivity index (χ2n) is 7.29. The maximum absolute atomic E-state index is 13.4. The fraction of sp³-hybridized carbons (Fsp3) is 0.120. The van der Waals surface area contributed by atoms with Crippen LogP contribution in [0.25, 0.3) is 0 Å². The van der Waals surface area contributed by atoms with E-state index in [1.165, 1.54) is 0 Å². The second-order valence-corrected chi connectivity index (χ2v) is 8.32. The van der Waals surface area contributed by atoms with Crippen LogP contribution in [-0.4, -0.2) is 18.1 Å². The van der Waals surface area contributed by atoms with Crippen molar-refractivity contribution in [2.24, 2.45) is 5.92 Å². The lowest BCUT2D eigenvalue weighted by atomic mass is 9.85. The van der Waals surface area contributed by atoms with E-state index in [1.54, 1.807) is 11.8 Å². The summed E-state index contributed by atoms with van der Waals surface area (Å²) in [6.07, 6.45) is 0.467. The third-order valence-corrected chi connectivity index (χ3v) is 6.68. The van der Waals surface area contributed by atoms with Crippen molar-refractivity contribution in [3.63, 3.8) is 0 Å². The van der Waals surface area contributed by atoms with Gasteiger partial charge >= 0.3 is 0 Å². The first-order chi connectivity index (χ1) is 14.2. The Morgan fingerprint density at radius 3 is 2.14 bits per heavy atom. The van der Waals surface area contributed by atoms with E-state index in [-0.39, 0.29) is 17.5 Å². The molecule has 3 aromatic carbocycles. The third kappa shape index (κ3) is 3.19. The highest BCUT2D eigenvalue weighted by molar-refractivity contribution is 8.03. The summed E-state index contributed by atoms with van der Waals surface area (Å²) in [4.78, 5) is 29.9. The molecule has 0 saturated carbocycles. The van der Waals surface area contributed by atoms with Gasteiger partial charge in [-0.2, -0.15) is 0 Å². The van der Waals surface area contributed by atoms with Gasteiger partial charge < -0.3 is 4.90 Å². The number of rotatable bonds is 4. The molecule has 29 heavy (non-hydrogen) atoms. The van der Waals surface area contributed by atoms with Crippen molar-refractivity contribution >= 4 is 29.0 Å². The summed E-state index contributed by atoms with van der Waals surface area (Å²) < 4.78 is 0. The topological polar surface area (TPSA) is 37.4 Å². The standard InChI is InChI=1S/C25H19NO2S/c27-23(17-9-3-1-4-10-17)19-15-20(24(28)18-11-5-2-6-12-18)25-26(16-19)21-13-7-8-14-22(21)29-25/h1-14,19H,15-16H2. The lowest BCUT2D eigenvalue weighted by Gasteiger charge is -2.32. The zero-order chi connectivity index (χ0) is 19.8. The summed E-state index contributed by atoms with van der Waals surface area (Å²) in [5.74, 6) is -0.149. The van der Waals surface area contributed by atoms with Gasteiger partial charge in [0.2, 0.25) is 0 Å². The van der Waals surface area contributed by atoms with Gasteiger partial charge in [0.15, 0.2) is 11.6 Å². The molecule has 2 aliphatic heterocycles. The lowest BCUT2D eigenvalue weighted by molar-refractivity contribution is 0.0915. The van der Waals surface area contributed by atoms with E-state index < -0.39 is 0 Å². The largest absolute Gasteiger partial charge is 0.334 e. The number of para-hydroxylation sites is 1. The SMILES string of the molecule is O=C(C1=C2Sc3ccccc3N2CC(C(=O)c2ccccc2)C1)c1ccccc1. The molecule has 0 amide bonds. The van der Waals surface area contributed by atoms with Crippen LogP contribution in [0.1, 0.15) is 27.1 Å². The molecule has 0 aliphatic carbocycles.